The molecule has 0 aromatic heterocycles. The van der Waals surface area contributed by atoms with Crippen LogP contribution in [0.5, 0.6) is 0 Å². The van der Waals surface area contributed by atoms with Crippen molar-refractivity contribution >= 4 is 17.7 Å². The van der Waals surface area contributed by atoms with Crippen molar-refractivity contribution in [2.45, 2.75) is 38.7 Å². The van der Waals surface area contributed by atoms with E-state index in [0.717, 1.165) is 30.8 Å². The average molecular weight is 231 g/mol. The van der Waals surface area contributed by atoms with Crippen molar-refractivity contribution in [2.75, 3.05) is 18.1 Å². The predicted octanol–water partition coefficient (Wildman–Crippen LogP) is 1.41. The summed E-state index contributed by atoms with van der Waals surface area (Å²) in [6.45, 7) is 4.42. The standard InChI is InChI=1S/C11H21NO2S/c1-3-4-9(2)10(13)12-7-11(14)5-6-15-8-11/h9,14H,3-8H2,1-2H3,(H,12,13). The third kappa shape index (κ3) is 4.03. The first-order valence-corrected chi connectivity index (χ1v) is 6.81. The van der Waals surface area contributed by atoms with Crippen LogP contribution in [0.25, 0.3) is 0 Å². The zero-order chi connectivity index (χ0) is 11.3. The Bertz CT molecular complexity index is 215. The zero-order valence-corrected chi connectivity index (χ0v) is 10.4. The van der Waals surface area contributed by atoms with Gasteiger partial charge in [-0.1, -0.05) is 20.3 Å². The summed E-state index contributed by atoms with van der Waals surface area (Å²) in [6.07, 6.45) is 2.73. The molecule has 15 heavy (non-hydrogen) atoms. The maximum absolute atomic E-state index is 11.6. The van der Waals surface area contributed by atoms with Gasteiger partial charge in [0.15, 0.2) is 0 Å². The molecule has 0 radical (unpaired) electrons. The molecule has 0 aromatic carbocycles. The largest absolute Gasteiger partial charge is 0.387 e. The summed E-state index contributed by atoms with van der Waals surface area (Å²) in [6, 6.07) is 0. The van der Waals surface area contributed by atoms with Crippen LogP contribution in [0.4, 0.5) is 0 Å². The number of nitrogens with one attached hydrogen (secondary N) is 1. The molecule has 4 heteroatoms. The Hall–Kier alpha value is -0.220. The molecule has 0 spiro atoms. The highest BCUT2D eigenvalue weighted by Crippen LogP contribution is 2.27. The number of hydrogen-bond acceptors (Lipinski definition) is 3. The molecule has 3 nitrogen and oxygen atoms in total. The monoisotopic (exact) mass is 231 g/mol. The fourth-order valence-electron chi connectivity index (χ4n) is 1.73. The normalized spacial score (nSPS) is 27.7. The minimum absolute atomic E-state index is 0.0626. The number of aliphatic hydroxyl groups is 1. The van der Waals surface area contributed by atoms with Gasteiger partial charge in [0.2, 0.25) is 5.91 Å². The number of thioether (sulfide) groups is 1. The van der Waals surface area contributed by atoms with E-state index >= 15 is 0 Å². The molecule has 1 amide bonds. The number of carbonyl (C=O) groups excluding carboxylic acids is 1. The molecule has 0 aliphatic carbocycles. The third-order valence-electron chi connectivity index (χ3n) is 2.84. The minimum Gasteiger partial charge on any atom is -0.387 e. The van der Waals surface area contributed by atoms with Gasteiger partial charge in [0.05, 0.1) is 5.60 Å². The average Bonchev–Trinajstić information content (AvgIpc) is 2.63. The summed E-state index contributed by atoms with van der Waals surface area (Å²) in [5.41, 5.74) is -0.660. The van der Waals surface area contributed by atoms with E-state index in [2.05, 4.69) is 12.2 Å². The molecule has 1 rings (SSSR count). The Balaban J connectivity index is 2.26. The van der Waals surface area contributed by atoms with Gasteiger partial charge in [-0.25, -0.2) is 0 Å². The van der Waals surface area contributed by atoms with Gasteiger partial charge in [-0.05, 0) is 18.6 Å². The van der Waals surface area contributed by atoms with Gasteiger partial charge in [-0.2, -0.15) is 11.8 Å². The van der Waals surface area contributed by atoms with E-state index < -0.39 is 5.60 Å². The summed E-state index contributed by atoms with van der Waals surface area (Å²) >= 11 is 1.75. The third-order valence-corrected chi connectivity index (χ3v) is 4.08. The molecular weight excluding hydrogens is 210 g/mol. The molecule has 2 N–H and O–H groups in total. The van der Waals surface area contributed by atoms with Gasteiger partial charge in [-0.15, -0.1) is 0 Å². The molecular formula is C11H21NO2S. The fourth-order valence-corrected chi connectivity index (χ4v) is 3.02. The zero-order valence-electron chi connectivity index (χ0n) is 9.58. The molecule has 0 aromatic rings. The predicted molar refractivity (Wildman–Crippen MR) is 64.0 cm³/mol. The lowest BCUT2D eigenvalue weighted by Gasteiger charge is -2.22. The van der Waals surface area contributed by atoms with E-state index in [1.807, 2.05) is 6.92 Å². The first-order valence-electron chi connectivity index (χ1n) is 5.65. The lowest BCUT2D eigenvalue weighted by Crippen LogP contribution is -2.44. The summed E-state index contributed by atoms with van der Waals surface area (Å²) in [5.74, 6) is 1.88. The van der Waals surface area contributed by atoms with E-state index in [1.165, 1.54) is 0 Å². The summed E-state index contributed by atoms with van der Waals surface area (Å²) in [4.78, 5) is 11.6. The Labute approximate surface area is 96.0 Å². The van der Waals surface area contributed by atoms with Crippen LogP contribution in [-0.2, 0) is 4.79 Å². The topological polar surface area (TPSA) is 49.3 Å². The first-order chi connectivity index (χ1) is 7.07. The number of amides is 1. The summed E-state index contributed by atoms with van der Waals surface area (Å²) < 4.78 is 0. The smallest absolute Gasteiger partial charge is 0.222 e. The van der Waals surface area contributed by atoms with Crippen molar-refractivity contribution in [2.24, 2.45) is 5.92 Å². The maximum atomic E-state index is 11.6. The van der Waals surface area contributed by atoms with E-state index in [0.29, 0.717) is 6.54 Å². The molecule has 1 heterocycles. The second-order valence-corrected chi connectivity index (χ2v) is 5.54. The maximum Gasteiger partial charge on any atom is 0.222 e. The van der Waals surface area contributed by atoms with Crippen LogP contribution in [0.2, 0.25) is 0 Å². The van der Waals surface area contributed by atoms with Crippen molar-refractivity contribution in [3.05, 3.63) is 0 Å². The van der Waals surface area contributed by atoms with Crippen LogP contribution in [0, 0.1) is 5.92 Å². The van der Waals surface area contributed by atoms with Crippen LogP contribution < -0.4 is 5.32 Å². The van der Waals surface area contributed by atoms with Gasteiger partial charge < -0.3 is 10.4 Å². The Morgan fingerprint density at radius 3 is 2.93 bits per heavy atom. The Morgan fingerprint density at radius 1 is 1.67 bits per heavy atom. The second-order valence-electron chi connectivity index (χ2n) is 4.43. The molecule has 1 aliphatic rings. The molecule has 2 unspecified atom stereocenters. The van der Waals surface area contributed by atoms with Crippen LogP contribution in [0.3, 0.4) is 0 Å². The van der Waals surface area contributed by atoms with Gasteiger partial charge in [0, 0.05) is 18.2 Å². The molecule has 0 bridgehead atoms. The fraction of sp³-hybridized carbons (Fsp3) is 0.909. The first kappa shape index (κ1) is 12.8. The van der Waals surface area contributed by atoms with E-state index in [9.17, 15) is 9.90 Å². The van der Waals surface area contributed by atoms with Crippen molar-refractivity contribution in [3.8, 4) is 0 Å². The highest BCUT2D eigenvalue weighted by atomic mass is 32.2. The number of hydrogen-bond donors (Lipinski definition) is 2. The van der Waals surface area contributed by atoms with E-state index in [1.54, 1.807) is 11.8 Å². The second kappa shape index (κ2) is 5.75. The van der Waals surface area contributed by atoms with Crippen molar-refractivity contribution in [1.82, 2.24) is 5.32 Å². The highest BCUT2D eigenvalue weighted by Gasteiger charge is 2.32. The van der Waals surface area contributed by atoms with Gasteiger partial charge in [0.25, 0.3) is 0 Å². The quantitative estimate of drug-likeness (QED) is 0.752. The van der Waals surface area contributed by atoms with Gasteiger partial charge in [-0.3, -0.25) is 4.79 Å². The lowest BCUT2D eigenvalue weighted by atomic mass is 10.0. The SMILES string of the molecule is CCCC(C)C(=O)NCC1(O)CCSC1. The summed E-state index contributed by atoms with van der Waals surface area (Å²) in [5, 5.41) is 12.9. The number of rotatable bonds is 5. The van der Waals surface area contributed by atoms with Crippen LogP contribution >= 0.6 is 11.8 Å². The van der Waals surface area contributed by atoms with Gasteiger partial charge >= 0.3 is 0 Å². The summed E-state index contributed by atoms with van der Waals surface area (Å²) in [7, 11) is 0. The Morgan fingerprint density at radius 2 is 2.40 bits per heavy atom. The molecule has 2 atom stereocenters. The van der Waals surface area contributed by atoms with Gasteiger partial charge in [0.1, 0.15) is 0 Å². The molecule has 88 valence electrons. The van der Waals surface area contributed by atoms with Crippen LogP contribution in [0.1, 0.15) is 33.1 Å². The Kier molecular flexibility index (Phi) is 4.93. The van der Waals surface area contributed by atoms with Crippen LogP contribution in [-0.4, -0.2) is 34.7 Å². The van der Waals surface area contributed by atoms with Crippen LogP contribution in [0.15, 0.2) is 0 Å². The van der Waals surface area contributed by atoms with E-state index in [4.69, 9.17) is 0 Å². The molecule has 1 saturated heterocycles. The molecule has 0 saturated carbocycles. The minimum atomic E-state index is -0.660. The van der Waals surface area contributed by atoms with Crippen molar-refractivity contribution in [1.29, 1.82) is 0 Å². The highest BCUT2D eigenvalue weighted by molar-refractivity contribution is 7.99. The molecule has 1 aliphatic heterocycles. The van der Waals surface area contributed by atoms with Crippen molar-refractivity contribution < 1.29 is 9.90 Å². The number of carbonyl (C=O) groups is 1. The van der Waals surface area contributed by atoms with Crippen molar-refractivity contribution in [3.63, 3.8) is 0 Å². The molecule has 1 fully saturated rings. The lowest BCUT2D eigenvalue weighted by molar-refractivity contribution is -0.125. The van der Waals surface area contributed by atoms with E-state index in [-0.39, 0.29) is 11.8 Å².